The molecular formula is C8H10N. The van der Waals surface area contributed by atoms with Gasteiger partial charge in [0.2, 0.25) is 0 Å². The SMILES string of the molecule is [CH]1CCc2[nH]ccc2C1. The summed E-state index contributed by atoms with van der Waals surface area (Å²) in [6.07, 6.45) is 7.99. The summed E-state index contributed by atoms with van der Waals surface area (Å²) >= 11 is 0. The second-order valence-corrected chi connectivity index (χ2v) is 2.51. The number of rotatable bonds is 0. The Kier molecular flexibility index (Phi) is 1.08. The van der Waals surface area contributed by atoms with Crippen LogP contribution in [0.25, 0.3) is 0 Å². The highest BCUT2D eigenvalue weighted by Gasteiger charge is 2.07. The highest BCUT2D eigenvalue weighted by molar-refractivity contribution is 5.25. The second-order valence-electron chi connectivity index (χ2n) is 2.51. The summed E-state index contributed by atoms with van der Waals surface area (Å²) in [5, 5.41) is 0. The molecule has 1 heteroatoms. The van der Waals surface area contributed by atoms with Crippen molar-refractivity contribution in [3.8, 4) is 0 Å². The lowest BCUT2D eigenvalue weighted by molar-refractivity contribution is 0.812. The number of nitrogens with one attached hydrogen (secondary N) is 1. The molecule has 1 aromatic rings. The fraction of sp³-hybridized carbons (Fsp3) is 0.375. The molecule has 0 spiro atoms. The van der Waals surface area contributed by atoms with Crippen LogP contribution in [-0.4, -0.2) is 4.98 Å². The lowest BCUT2D eigenvalue weighted by Crippen LogP contribution is -2.00. The highest BCUT2D eigenvalue weighted by atomic mass is 14.7. The molecule has 2 rings (SSSR count). The molecule has 0 bridgehead atoms. The summed E-state index contributed by atoms with van der Waals surface area (Å²) < 4.78 is 0. The smallest absolute Gasteiger partial charge is 0.0179 e. The van der Waals surface area contributed by atoms with Crippen LogP contribution in [0.2, 0.25) is 0 Å². The Hall–Kier alpha value is -0.720. The van der Waals surface area contributed by atoms with Gasteiger partial charge in [0.25, 0.3) is 0 Å². The van der Waals surface area contributed by atoms with E-state index in [2.05, 4.69) is 17.5 Å². The normalized spacial score (nSPS) is 17.3. The number of fused-ring (bicyclic) bond motifs is 1. The molecule has 0 aliphatic heterocycles. The van der Waals surface area contributed by atoms with Crippen LogP contribution in [-0.2, 0) is 12.8 Å². The van der Waals surface area contributed by atoms with Gasteiger partial charge < -0.3 is 4.98 Å². The summed E-state index contributed by atoms with van der Waals surface area (Å²) in [6.45, 7) is 0. The van der Waals surface area contributed by atoms with Crippen LogP contribution < -0.4 is 0 Å². The Bertz CT molecular complexity index is 180. The predicted molar refractivity (Wildman–Crippen MR) is 37.1 cm³/mol. The van der Waals surface area contributed by atoms with Crippen LogP contribution in [0, 0.1) is 6.42 Å². The van der Waals surface area contributed by atoms with Gasteiger partial charge in [-0.1, -0.05) is 0 Å². The number of aromatic nitrogens is 1. The molecule has 0 amide bonds. The van der Waals surface area contributed by atoms with E-state index >= 15 is 0 Å². The Balaban J connectivity index is 2.39. The lowest BCUT2D eigenvalue weighted by atomic mass is 9.98. The number of hydrogen-bond donors (Lipinski definition) is 1. The monoisotopic (exact) mass is 120 g/mol. The van der Waals surface area contributed by atoms with Gasteiger partial charge in [-0.15, -0.1) is 0 Å². The van der Waals surface area contributed by atoms with E-state index in [0.717, 1.165) is 0 Å². The zero-order chi connectivity index (χ0) is 6.10. The first kappa shape index (κ1) is 5.10. The number of H-pyrrole nitrogens is 1. The molecule has 0 unspecified atom stereocenters. The van der Waals surface area contributed by atoms with Crippen LogP contribution in [0.5, 0.6) is 0 Å². The molecule has 1 aliphatic carbocycles. The molecule has 0 atom stereocenters. The topological polar surface area (TPSA) is 15.8 Å². The van der Waals surface area contributed by atoms with Crippen LogP contribution in [0.3, 0.4) is 0 Å². The first-order valence-electron chi connectivity index (χ1n) is 3.43. The molecule has 0 saturated heterocycles. The van der Waals surface area contributed by atoms with E-state index < -0.39 is 0 Å². The van der Waals surface area contributed by atoms with Gasteiger partial charge in [0.1, 0.15) is 0 Å². The summed E-state index contributed by atoms with van der Waals surface area (Å²) in [7, 11) is 0. The molecule has 9 heavy (non-hydrogen) atoms. The zero-order valence-electron chi connectivity index (χ0n) is 5.35. The van der Waals surface area contributed by atoms with Gasteiger partial charge in [-0.3, -0.25) is 0 Å². The molecule has 1 heterocycles. The van der Waals surface area contributed by atoms with Crippen molar-refractivity contribution in [1.82, 2.24) is 4.98 Å². The maximum atomic E-state index is 3.24. The van der Waals surface area contributed by atoms with Gasteiger partial charge in [0, 0.05) is 11.9 Å². The lowest BCUT2D eigenvalue weighted by Gasteiger charge is -2.08. The van der Waals surface area contributed by atoms with E-state index in [1.165, 1.54) is 30.5 Å². The number of aromatic amines is 1. The van der Waals surface area contributed by atoms with E-state index in [9.17, 15) is 0 Å². The van der Waals surface area contributed by atoms with Crippen molar-refractivity contribution in [2.24, 2.45) is 0 Å². The average molecular weight is 120 g/mol. The van der Waals surface area contributed by atoms with Gasteiger partial charge in [-0.25, -0.2) is 0 Å². The maximum absolute atomic E-state index is 3.24. The number of hydrogen-bond acceptors (Lipinski definition) is 0. The first-order chi connectivity index (χ1) is 4.47. The minimum Gasteiger partial charge on any atom is -0.365 e. The minimum atomic E-state index is 1.17. The van der Waals surface area contributed by atoms with Crippen molar-refractivity contribution in [1.29, 1.82) is 0 Å². The first-order valence-corrected chi connectivity index (χ1v) is 3.43. The third kappa shape index (κ3) is 0.766. The van der Waals surface area contributed by atoms with Crippen LogP contribution >= 0.6 is 0 Å². The summed E-state index contributed by atoms with van der Waals surface area (Å²) in [6, 6.07) is 2.17. The van der Waals surface area contributed by atoms with Crippen LogP contribution in [0.4, 0.5) is 0 Å². The Morgan fingerprint density at radius 1 is 1.44 bits per heavy atom. The quantitative estimate of drug-likeness (QED) is 0.536. The van der Waals surface area contributed by atoms with Crippen LogP contribution in [0.15, 0.2) is 12.3 Å². The summed E-state index contributed by atoms with van der Waals surface area (Å²) in [5.41, 5.74) is 2.93. The highest BCUT2D eigenvalue weighted by Crippen LogP contribution is 2.17. The fourth-order valence-corrected chi connectivity index (χ4v) is 1.36. The summed E-state index contributed by atoms with van der Waals surface area (Å²) in [5.74, 6) is 0. The summed E-state index contributed by atoms with van der Waals surface area (Å²) in [4.78, 5) is 3.24. The molecule has 1 aromatic heterocycles. The average Bonchev–Trinajstić information content (AvgIpc) is 2.33. The van der Waals surface area contributed by atoms with Crippen molar-refractivity contribution in [2.45, 2.75) is 19.3 Å². The van der Waals surface area contributed by atoms with Crippen molar-refractivity contribution in [3.63, 3.8) is 0 Å². The third-order valence-corrected chi connectivity index (χ3v) is 1.89. The van der Waals surface area contributed by atoms with Crippen molar-refractivity contribution >= 4 is 0 Å². The molecule has 0 saturated carbocycles. The van der Waals surface area contributed by atoms with Gasteiger partial charge >= 0.3 is 0 Å². The number of aryl methyl sites for hydroxylation is 1. The zero-order valence-corrected chi connectivity index (χ0v) is 5.35. The second kappa shape index (κ2) is 1.90. The van der Waals surface area contributed by atoms with E-state index in [1.54, 1.807) is 0 Å². The van der Waals surface area contributed by atoms with Crippen molar-refractivity contribution in [2.75, 3.05) is 0 Å². The van der Waals surface area contributed by atoms with Gasteiger partial charge in [0.15, 0.2) is 0 Å². The standard InChI is InChI=1S/C8H10N/c1-2-4-8-7(3-1)5-6-9-8/h1,5-6,9H,2-4H2. The van der Waals surface area contributed by atoms with E-state index in [-0.39, 0.29) is 0 Å². The molecule has 1 aliphatic rings. The van der Waals surface area contributed by atoms with Gasteiger partial charge in [-0.2, -0.15) is 0 Å². The van der Waals surface area contributed by atoms with E-state index in [4.69, 9.17) is 0 Å². The molecule has 0 fully saturated rings. The van der Waals surface area contributed by atoms with Gasteiger partial charge in [0.05, 0.1) is 0 Å². The molecule has 1 radical (unpaired) electrons. The third-order valence-electron chi connectivity index (χ3n) is 1.89. The van der Waals surface area contributed by atoms with E-state index in [1.807, 2.05) is 6.20 Å². The molecule has 47 valence electrons. The largest absolute Gasteiger partial charge is 0.365 e. The Morgan fingerprint density at radius 3 is 3.33 bits per heavy atom. The molecule has 1 nitrogen and oxygen atoms in total. The van der Waals surface area contributed by atoms with E-state index in [0.29, 0.717) is 0 Å². The Morgan fingerprint density at radius 2 is 2.44 bits per heavy atom. The maximum Gasteiger partial charge on any atom is 0.0179 e. The fourth-order valence-electron chi connectivity index (χ4n) is 1.36. The predicted octanol–water partition coefficient (Wildman–Crippen LogP) is 1.71. The Labute approximate surface area is 55.1 Å². The van der Waals surface area contributed by atoms with Crippen LogP contribution in [0.1, 0.15) is 17.7 Å². The van der Waals surface area contributed by atoms with Crippen molar-refractivity contribution in [3.05, 3.63) is 29.9 Å². The van der Waals surface area contributed by atoms with Crippen molar-refractivity contribution < 1.29 is 0 Å². The molecule has 0 aromatic carbocycles. The van der Waals surface area contributed by atoms with Gasteiger partial charge in [-0.05, 0) is 37.3 Å². The molecular weight excluding hydrogens is 110 g/mol. The molecule has 1 N–H and O–H groups in total. The minimum absolute atomic E-state index is 1.17.